The summed E-state index contributed by atoms with van der Waals surface area (Å²) in [6, 6.07) is 19.6. The first kappa shape index (κ1) is 16.0. The molecule has 0 atom stereocenters. The van der Waals surface area contributed by atoms with Crippen molar-refractivity contribution in [3.8, 4) is 11.1 Å². The molecular weight excluding hydrogens is 324 g/mol. The molecule has 0 aliphatic carbocycles. The summed E-state index contributed by atoms with van der Waals surface area (Å²) in [5.41, 5.74) is 4.51. The summed E-state index contributed by atoms with van der Waals surface area (Å²) in [4.78, 5) is 16.8. The van der Waals surface area contributed by atoms with Crippen molar-refractivity contribution in [2.24, 2.45) is 0 Å². The van der Waals surface area contributed by atoms with Gasteiger partial charge in [0.05, 0.1) is 16.9 Å². The molecule has 0 unspecified atom stereocenters. The van der Waals surface area contributed by atoms with Gasteiger partial charge in [-0.05, 0) is 24.6 Å². The Hall–Kier alpha value is -3.47. The van der Waals surface area contributed by atoms with E-state index in [9.17, 15) is 4.79 Å². The van der Waals surface area contributed by atoms with Crippen molar-refractivity contribution in [3.63, 3.8) is 0 Å². The summed E-state index contributed by atoms with van der Waals surface area (Å²) in [5.74, 6) is -0.134. The van der Waals surface area contributed by atoms with Crippen LogP contribution in [-0.2, 0) is 11.3 Å². The number of nitrogens with one attached hydrogen (secondary N) is 1. The van der Waals surface area contributed by atoms with E-state index < -0.39 is 0 Å². The van der Waals surface area contributed by atoms with Crippen molar-refractivity contribution >= 4 is 22.5 Å². The second kappa shape index (κ2) is 6.80. The molecule has 5 nitrogen and oxygen atoms in total. The monoisotopic (exact) mass is 342 g/mol. The van der Waals surface area contributed by atoms with Crippen molar-refractivity contribution in [3.05, 3.63) is 78.8 Å². The van der Waals surface area contributed by atoms with Crippen LogP contribution in [0.3, 0.4) is 0 Å². The molecular formula is C21H18N4O. The third-order valence-corrected chi connectivity index (χ3v) is 4.24. The summed E-state index contributed by atoms with van der Waals surface area (Å²) in [6.45, 7) is 2.10. The number of hydrogen-bond donors (Lipinski definition) is 1. The average molecular weight is 342 g/mol. The Labute approximate surface area is 151 Å². The van der Waals surface area contributed by atoms with E-state index in [1.54, 1.807) is 10.9 Å². The van der Waals surface area contributed by atoms with Crippen LogP contribution in [0, 0.1) is 6.92 Å². The molecule has 1 N–H and O–H groups in total. The minimum absolute atomic E-state index is 0.134. The number of anilines is 1. The number of rotatable bonds is 4. The van der Waals surface area contributed by atoms with Gasteiger partial charge < -0.3 is 5.32 Å². The lowest BCUT2D eigenvalue weighted by Crippen LogP contribution is -2.19. The Morgan fingerprint density at radius 2 is 1.85 bits per heavy atom. The summed E-state index contributed by atoms with van der Waals surface area (Å²) in [6.07, 6.45) is 3.63. The molecule has 0 spiro atoms. The molecule has 0 bridgehead atoms. The number of para-hydroxylation sites is 1. The van der Waals surface area contributed by atoms with Gasteiger partial charge in [-0.25, -0.2) is 0 Å². The van der Waals surface area contributed by atoms with Crippen LogP contribution in [0.5, 0.6) is 0 Å². The van der Waals surface area contributed by atoms with Crippen molar-refractivity contribution in [2.75, 3.05) is 5.32 Å². The maximum atomic E-state index is 12.5. The van der Waals surface area contributed by atoms with Crippen LogP contribution in [0.25, 0.3) is 22.0 Å². The van der Waals surface area contributed by atoms with E-state index in [0.29, 0.717) is 5.69 Å². The number of benzene rings is 2. The van der Waals surface area contributed by atoms with Gasteiger partial charge in [0.15, 0.2) is 0 Å². The SMILES string of the molecule is Cc1nn(CC(=O)Nc2cccc3cccnc23)cc1-c1ccccc1. The van der Waals surface area contributed by atoms with E-state index in [1.807, 2.05) is 73.8 Å². The molecule has 2 aromatic carbocycles. The third-order valence-electron chi connectivity index (χ3n) is 4.24. The van der Waals surface area contributed by atoms with Gasteiger partial charge in [0, 0.05) is 23.3 Å². The van der Waals surface area contributed by atoms with Crippen molar-refractivity contribution < 1.29 is 4.79 Å². The lowest BCUT2D eigenvalue weighted by Gasteiger charge is -2.08. The maximum Gasteiger partial charge on any atom is 0.246 e. The average Bonchev–Trinajstić information content (AvgIpc) is 3.03. The van der Waals surface area contributed by atoms with Crippen LogP contribution < -0.4 is 5.32 Å². The molecule has 0 radical (unpaired) electrons. The fourth-order valence-electron chi connectivity index (χ4n) is 3.04. The second-order valence-corrected chi connectivity index (χ2v) is 6.12. The number of hydrogen-bond acceptors (Lipinski definition) is 3. The van der Waals surface area contributed by atoms with E-state index in [0.717, 1.165) is 27.7 Å². The van der Waals surface area contributed by atoms with Crippen LogP contribution in [0.4, 0.5) is 5.69 Å². The highest BCUT2D eigenvalue weighted by molar-refractivity contribution is 6.00. The standard InChI is InChI=1S/C21H18N4O/c1-15-18(16-7-3-2-4-8-16)13-25(24-15)14-20(26)23-19-11-5-9-17-10-6-12-22-21(17)19/h2-13H,14H2,1H3,(H,23,26). The molecule has 26 heavy (non-hydrogen) atoms. The number of carbonyl (C=O) groups is 1. The number of aromatic nitrogens is 3. The minimum atomic E-state index is -0.134. The van der Waals surface area contributed by atoms with Gasteiger partial charge in [0.1, 0.15) is 6.54 Å². The molecule has 4 rings (SSSR count). The molecule has 0 aliphatic heterocycles. The number of nitrogens with zero attached hydrogens (tertiary/aromatic N) is 3. The number of fused-ring (bicyclic) bond motifs is 1. The lowest BCUT2D eigenvalue weighted by molar-refractivity contribution is -0.116. The number of pyridine rings is 1. The molecule has 0 aliphatic rings. The van der Waals surface area contributed by atoms with Gasteiger partial charge in [0.2, 0.25) is 5.91 Å². The number of carbonyl (C=O) groups excluding carboxylic acids is 1. The lowest BCUT2D eigenvalue weighted by atomic mass is 10.1. The number of amides is 1. The first-order valence-electron chi connectivity index (χ1n) is 8.44. The Kier molecular flexibility index (Phi) is 4.19. The predicted octanol–water partition coefficient (Wildman–Crippen LogP) is 4.05. The van der Waals surface area contributed by atoms with Crippen LogP contribution in [0.15, 0.2) is 73.1 Å². The normalized spacial score (nSPS) is 10.8. The maximum absolute atomic E-state index is 12.5. The predicted molar refractivity (Wildman–Crippen MR) is 103 cm³/mol. The highest BCUT2D eigenvalue weighted by Gasteiger charge is 2.11. The Morgan fingerprint density at radius 3 is 2.69 bits per heavy atom. The first-order chi connectivity index (χ1) is 12.7. The zero-order valence-electron chi connectivity index (χ0n) is 14.4. The molecule has 2 heterocycles. The summed E-state index contributed by atoms with van der Waals surface area (Å²) in [7, 11) is 0. The van der Waals surface area contributed by atoms with Crippen molar-refractivity contribution in [2.45, 2.75) is 13.5 Å². The zero-order chi connectivity index (χ0) is 17.9. The van der Waals surface area contributed by atoms with Gasteiger partial charge in [0.25, 0.3) is 0 Å². The summed E-state index contributed by atoms with van der Waals surface area (Å²) >= 11 is 0. The Balaban J connectivity index is 1.54. The summed E-state index contributed by atoms with van der Waals surface area (Å²) < 4.78 is 1.67. The van der Waals surface area contributed by atoms with Crippen LogP contribution in [0.1, 0.15) is 5.69 Å². The van der Waals surface area contributed by atoms with Crippen LogP contribution >= 0.6 is 0 Å². The Bertz CT molecular complexity index is 1060. The minimum Gasteiger partial charge on any atom is -0.323 e. The largest absolute Gasteiger partial charge is 0.323 e. The first-order valence-corrected chi connectivity index (χ1v) is 8.44. The smallest absolute Gasteiger partial charge is 0.246 e. The van der Waals surface area contributed by atoms with Crippen LogP contribution in [0.2, 0.25) is 0 Å². The summed E-state index contributed by atoms with van der Waals surface area (Å²) in [5, 5.41) is 8.40. The topological polar surface area (TPSA) is 59.8 Å². The molecule has 128 valence electrons. The van der Waals surface area contributed by atoms with E-state index in [2.05, 4.69) is 15.4 Å². The Morgan fingerprint density at radius 1 is 1.04 bits per heavy atom. The molecule has 0 saturated carbocycles. The van der Waals surface area contributed by atoms with Gasteiger partial charge in [-0.1, -0.05) is 48.5 Å². The molecule has 0 fully saturated rings. The molecule has 5 heteroatoms. The third kappa shape index (κ3) is 3.19. The van der Waals surface area contributed by atoms with Gasteiger partial charge in [-0.15, -0.1) is 0 Å². The quantitative estimate of drug-likeness (QED) is 0.609. The zero-order valence-corrected chi connectivity index (χ0v) is 14.4. The number of aryl methyl sites for hydroxylation is 1. The van der Waals surface area contributed by atoms with E-state index in [1.165, 1.54) is 0 Å². The van der Waals surface area contributed by atoms with Gasteiger partial charge in [-0.2, -0.15) is 5.10 Å². The van der Waals surface area contributed by atoms with Crippen molar-refractivity contribution in [1.82, 2.24) is 14.8 Å². The fraction of sp³-hybridized carbons (Fsp3) is 0.0952. The molecule has 2 aromatic heterocycles. The highest BCUT2D eigenvalue weighted by atomic mass is 16.2. The van der Waals surface area contributed by atoms with E-state index in [4.69, 9.17) is 0 Å². The van der Waals surface area contributed by atoms with Gasteiger partial charge >= 0.3 is 0 Å². The highest BCUT2D eigenvalue weighted by Crippen LogP contribution is 2.23. The fourth-order valence-corrected chi connectivity index (χ4v) is 3.04. The molecule has 4 aromatic rings. The van der Waals surface area contributed by atoms with E-state index >= 15 is 0 Å². The van der Waals surface area contributed by atoms with Crippen molar-refractivity contribution in [1.29, 1.82) is 0 Å². The van der Waals surface area contributed by atoms with Crippen LogP contribution in [-0.4, -0.2) is 20.7 Å². The molecule has 1 amide bonds. The second-order valence-electron chi connectivity index (χ2n) is 6.12. The van der Waals surface area contributed by atoms with E-state index in [-0.39, 0.29) is 12.5 Å². The van der Waals surface area contributed by atoms with Gasteiger partial charge in [-0.3, -0.25) is 14.5 Å². The molecule has 0 saturated heterocycles.